The summed E-state index contributed by atoms with van der Waals surface area (Å²) in [7, 11) is 0. The maximum absolute atomic E-state index is 9.72. The lowest BCUT2D eigenvalue weighted by Crippen LogP contribution is -2.45. The van der Waals surface area contributed by atoms with Crippen LogP contribution in [0.4, 0.5) is 0 Å². The van der Waals surface area contributed by atoms with Gasteiger partial charge in [-0.3, -0.25) is 0 Å². The van der Waals surface area contributed by atoms with Gasteiger partial charge in [-0.25, -0.2) is 0 Å². The van der Waals surface area contributed by atoms with Crippen molar-refractivity contribution in [3.63, 3.8) is 0 Å². The van der Waals surface area contributed by atoms with Crippen LogP contribution in [-0.2, 0) is 0 Å². The third-order valence-electron chi connectivity index (χ3n) is 2.22. The minimum atomic E-state index is -0.706. The topological polar surface area (TPSA) is 40.5 Å². The minimum absolute atomic E-state index is 0.116. The lowest BCUT2D eigenvalue weighted by atomic mass is 9.95. The Kier molecular flexibility index (Phi) is 5.65. The highest BCUT2D eigenvalue weighted by atomic mass is 32.1. The number of hydrogen-bond donors (Lipinski definition) is 4. The zero-order valence-corrected chi connectivity index (χ0v) is 9.35. The van der Waals surface area contributed by atoms with Crippen LogP contribution in [0.2, 0.25) is 0 Å². The van der Waals surface area contributed by atoms with Crippen LogP contribution < -0.4 is 0 Å². The molecule has 0 spiro atoms. The van der Waals surface area contributed by atoms with E-state index in [1.807, 2.05) is 13.8 Å². The second kappa shape index (κ2) is 5.37. The molecule has 0 aliphatic rings. The summed E-state index contributed by atoms with van der Waals surface area (Å²) in [4.78, 5) is 0. The summed E-state index contributed by atoms with van der Waals surface area (Å²) in [5.41, 5.74) is 0. The highest BCUT2D eigenvalue weighted by Crippen LogP contribution is 2.28. The Morgan fingerprint density at radius 2 is 1.92 bits per heavy atom. The fraction of sp³-hybridized carbons (Fsp3) is 1.00. The Morgan fingerprint density at radius 1 is 1.42 bits per heavy atom. The first-order valence-electron chi connectivity index (χ1n) is 4.21. The Labute approximate surface area is 85.2 Å². The first kappa shape index (κ1) is 12.6. The van der Waals surface area contributed by atoms with Crippen LogP contribution in [0.3, 0.4) is 0 Å². The molecule has 0 aromatic carbocycles. The Balaban J connectivity index is 4.29. The summed E-state index contributed by atoms with van der Waals surface area (Å²) < 4.78 is -0.706. The second-order valence-electron chi connectivity index (χ2n) is 3.04. The maximum atomic E-state index is 9.72. The first-order valence-corrected chi connectivity index (χ1v) is 5.17. The molecule has 0 rings (SSSR count). The van der Waals surface area contributed by atoms with Crippen molar-refractivity contribution in [2.24, 2.45) is 0 Å². The SMILES string of the molecule is CCC(S)C(O)C(S)(CC)CO. The van der Waals surface area contributed by atoms with Gasteiger partial charge in [0.25, 0.3) is 0 Å². The normalized spacial score (nSPS) is 21.5. The van der Waals surface area contributed by atoms with Gasteiger partial charge >= 0.3 is 0 Å². The van der Waals surface area contributed by atoms with Gasteiger partial charge in [0.1, 0.15) is 0 Å². The average Bonchev–Trinajstić information content (AvgIpc) is 2.14. The maximum Gasteiger partial charge on any atom is 0.0822 e. The molecule has 0 radical (unpaired) electrons. The molecule has 0 bridgehead atoms. The van der Waals surface area contributed by atoms with Crippen LogP contribution in [0.25, 0.3) is 0 Å². The number of aliphatic hydroxyl groups is 2. The van der Waals surface area contributed by atoms with Crippen molar-refractivity contribution in [1.82, 2.24) is 0 Å². The molecule has 0 amide bonds. The van der Waals surface area contributed by atoms with Crippen molar-refractivity contribution in [3.8, 4) is 0 Å². The first-order chi connectivity index (χ1) is 5.51. The van der Waals surface area contributed by atoms with Crippen LogP contribution in [0.1, 0.15) is 26.7 Å². The lowest BCUT2D eigenvalue weighted by Gasteiger charge is -2.33. The summed E-state index contributed by atoms with van der Waals surface area (Å²) in [5.74, 6) is 0. The number of thiol groups is 2. The smallest absolute Gasteiger partial charge is 0.0822 e. The van der Waals surface area contributed by atoms with Gasteiger partial charge in [0.05, 0.1) is 17.5 Å². The largest absolute Gasteiger partial charge is 0.395 e. The molecule has 0 heterocycles. The summed E-state index contributed by atoms with van der Waals surface area (Å²) in [6, 6.07) is 0. The standard InChI is InChI=1S/C8H18O2S2/c1-3-6(11)7(10)8(12,4-2)5-9/h6-7,9-12H,3-5H2,1-2H3. The van der Waals surface area contributed by atoms with E-state index in [2.05, 4.69) is 25.3 Å². The van der Waals surface area contributed by atoms with Crippen LogP contribution >= 0.6 is 25.3 Å². The number of hydrogen-bond acceptors (Lipinski definition) is 4. The van der Waals surface area contributed by atoms with Gasteiger partial charge in [0, 0.05) is 5.25 Å². The van der Waals surface area contributed by atoms with E-state index in [0.29, 0.717) is 6.42 Å². The summed E-state index contributed by atoms with van der Waals surface area (Å²) in [6.45, 7) is 3.72. The summed E-state index contributed by atoms with van der Waals surface area (Å²) in [6.07, 6.45) is 0.737. The molecule has 0 saturated carbocycles. The third kappa shape index (κ3) is 2.83. The van der Waals surface area contributed by atoms with Gasteiger partial charge in [0.15, 0.2) is 0 Å². The molecule has 0 aromatic rings. The average molecular weight is 210 g/mol. The molecule has 2 N–H and O–H groups in total. The summed E-state index contributed by atoms with van der Waals surface area (Å²) >= 11 is 8.47. The van der Waals surface area contributed by atoms with Crippen molar-refractivity contribution in [2.45, 2.75) is 42.8 Å². The van der Waals surface area contributed by atoms with Gasteiger partial charge in [-0.2, -0.15) is 25.3 Å². The minimum Gasteiger partial charge on any atom is -0.395 e. The molecule has 4 heteroatoms. The predicted octanol–water partition coefficient (Wildman–Crippen LogP) is 1.13. The summed E-state index contributed by atoms with van der Waals surface area (Å²) in [5, 5.41) is 18.6. The monoisotopic (exact) mass is 210 g/mol. The van der Waals surface area contributed by atoms with Crippen LogP contribution in [-0.4, -0.2) is 32.9 Å². The Morgan fingerprint density at radius 3 is 2.17 bits per heavy atom. The molecule has 3 unspecified atom stereocenters. The van der Waals surface area contributed by atoms with Crippen LogP contribution in [0, 0.1) is 0 Å². The number of aliphatic hydroxyl groups excluding tert-OH is 2. The lowest BCUT2D eigenvalue weighted by molar-refractivity contribution is 0.0856. The molecule has 74 valence electrons. The molecule has 0 aromatic heterocycles. The van der Waals surface area contributed by atoms with Crippen LogP contribution in [0.5, 0.6) is 0 Å². The molecule has 0 aliphatic heterocycles. The molecule has 0 saturated heterocycles. The molecule has 2 nitrogen and oxygen atoms in total. The second-order valence-corrected chi connectivity index (χ2v) is 4.59. The van der Waals surface area contributed by atoms with Crippen molar-refractivity contribution in [2.75, 3.05) is 6.61 Å². The quantitative estimate of drug-likeness (QED) is 0.514. The molecule has 3 atom stereocenters. The Hall–Kier alpha value is 0.620. The Bertz CT molecular complexity index is 126. The van der Waals surface area contributed by atoms with E-state index in [4.69, 9.17) is 5.11 Å². The highest BCUT2D eigenvalue weighted by molar-refractivity contribution is 7.82. The molecular weight excluding hydrogens is 192 g/mol. The number of rotatable bonds is 5. The van der Waals surface area contributed by atoms with Crippen molar-refractivity contribution in [1.29, 1.82) is 0 Å². The predicted molar refractivity (Wildman–Crippen MR) is 58.2 cm³/mol. The fourth-order valence-electron chi connectivity index (χ4n) is 0.996. The van der Waals surface area contributed by atoms with Gasteiger partial charge in [-0.05, 0) is 12.8 Å². The zero-order valence-electron chi connectivity index (χ0n) is 7.56. The third-order valence-corrected chi connectivity index (χ3v) is 3.59. The van der Waals surface area contributed by atoms with E-state index >= 15 is 0 Å². The van der Waals surface area contributed by atoms with E-state index < -0.39 is 10.9 Å². The van der Waals surface area contributed by atoms with Crippen molar-refractivity contribution < 1.29 is 10.2 Å². The van der Waals surface area contributed by atoms with Gasteiger partial charge in [-0.15, -0.1) is 0 Å². The fourth-order valence-corrected chi connectivity index (χ4v) is 1.58. The molecule has 12 heavy (non-hydrogen) atoms. The molecular formula is C8H18O2S2. The zero-order chi connectivity index (χ0) is 9.78. The molecule has 0 aliphatic carbocycles. The van der Waals surface area contributed by atoms with E-state index in [1.54, 1.807) is 0 Å². The van der Waals surface area contributed by atoms with Crippen LogP contribution in [0.15, 0.2) is 0 Å². The van der Waals surface area contributed by atoms with Gasteiger partial charge in [-0.1, -0.05) is 13.8 Å². The highest BCUT2D eigenvalue weighted by Gasteiger charge is 2.35. The van der Waals surface area contributed by atoms with E-state index in [0.717, 1.165) is 6.42 Å². The van der Waals surface area contributed by atoms with Gasteiger partial charge in [0.2, 0.25) is 0 Å². The van der Waals surface area contributed by atoms with E-state index in [9.17, 15) is 5.11 Å². The van der Waals surface area contributed by atoms with E-state index in [-0.39, 0.29) is 11.9 Å². The van der Waals surface area contributed by atoms with Crippen molar-refractivity contribution in [3.05, 3.63) is 0 Å². The van der Waals surface area contributed by atoms with E-state index in [1.165, 1.54) is 0 Å². The molecule has 0 fully saturated rings. The van der Waals surface area contributed by atoms with Gasteiger partial charge < -0.3 is 10.2 Å². The van der Waals surface area contributed by atoms with Crippen molar-refractivity contribution >= 4 is 25.3 Å².